The van der Waals surface area contributed by atoms with Crippen molar-refractivity contribution in [2.75, 3.05) is 26.4 Å². The highest BCUT2D eigenvalue weighted by molar-refractivity contribution is 7.47. The average Bonchev–Trinajstić information content (AvgIpc) is 3.26. The second kappa shape index (κ2) is 46.6. The number of hydrogen-bond donors (Lipinski definition) is 3. The Kier molecular flexibility index (Phi) is 44.1. The predicted molar refractivity (Wildman–Crippen MR) is 262 cm³/mol. The smallest absolute Gasteiger partial charge is 0.472 e. The van der Waals surface area contributed by atoms with Gasteiger partial charge < -0.3 is 25.2 Å². The summed E-state index contributed by atoms with van der Waals surface area (Å²) in [5, 5.41) is 8.92. The number of carbonyl (C=O) groups is 2. The molecule has 10 nitrogen and oxygen atoms in total. The van der Waals surface area contributed by atoms with Crippen molar-refractivity contribution in [1.82, 2.24) is 0 Å². The third-order valence-corrected chi connectivity index (χ3v) is 10.5. The Bertz CT molecular complexity index is 1410. The highest BCUT2D eigenvalue weighted by Crippen LogP contribution is 2.43. The van der Waals surface area contributed by atoms with Crippen LogP contribution in [-0.2, 0) is 32.7 Å². The van der Waals surface area contributed by atoms with E-state index in [1.165, 1.54) is 57.8 Å². The molecule has 0 bridgehead atoms. The molecule has 11 heteroatoms. The van der Waals surface area contributed by atoms with Crippen molar-refractivity contribution in [3.05, 3.63) is 109 Å². The van der Waals surface area contributed by atoms with E-state index in [1.54, 1.807) is 0 Å². The number of ether oxygens (including phenoxy) is 2. The number of aliphatic carboxylic acids is 1. The number of unbranched alkanes of at least 4 members (excludes halogenated alkanes) is 12. The summed E-state index contributed by atoms with van der Waals surface area (Å²) in [5.41, 5.74) is 5.36. The van der Waals surface area contributed by atoms with E-state index in [0.29, 0.717) is 19.4 Å². The van der Waals surface area contributed by atoms with Gasteiger partial charge in [0.15, 0.2) is 0 Å². The Balaban J connectivity index is 4.35. The van der Waals surface area contributed by atoms with Crippen LogP contribution in [0.4, 0.5) is 0 Å². The molecule has 0 aliphatic carbocycles. The van der Waals surface area contributed by atoms with Crippen LogP contribution in [0.3, 0.4) is 0 Å². The van der Waals surface area contributed by atoms with Crippen molar-refractivity contribution in [2.45, 2.75) is 180 Å². The summed E-state index contributed by atoms with van der Waals surface area (Å²) < 4.78 is 33.4. The normalized spacial score (nSPS) is 14.7. The standard InChI is InChI=1S/C52H86NO9P/c1-3-5-7-9-11-13-15-17-19-21-23-24-25-26-27-28-30-32-34-36-38-40-42-44-51(54)62-49(47-60-63(57,58)61-48-50(53)52(55)56)46-59-45-43-41-39-37-35-33-31-29-22-20-18-16-14-12-10-8-6-4-2/h5,7,11-14,17-20,23-24,26-27,30,32,36,38,49-50H,3-4,6,8-10,15-16,21-22,25,28-29,31,33-35,37,39-48,53H2,1-2H3,(H,55,56)(H,57,58)/b7-5-,13-11-,14-12-,19-17-,20-18-,24-23-,27-26-,32-30-,38-36-. The number of allylic oxidation sites excluding steroid dienone is 18. The minimum atomic E-state index is -4.65. The van der Waals surface area contributed by atoms with E-state index in [1.807, 2.05) is 6.08 Å². The largest absolute Gasteiger partial charge is 0.480 e. The number of esters is 1. The summed E-state index contributed by atoms with van der Waals surface area (Å²) in [6.07, 6.45) is 62.9. The molecule has 0 aromatic heterocycles. The minimum absolute atomic E-state index is 0.0179. The van der Waals surface area contributed by atoms with Gasteiger partial charge in [-0.2, -0.15) is 0 Å². The molecule has 0 spiro atoms. The van der Waals surface area contributed by atoms with Crippen LogP contribution in [0.15, 0.2) is 109 Å². The Morgan fingerprint density at radius 1 is 0.524 bits per heavy atom. The molecule has 0 aliphatic rings. The molecule has 0 amide bonds. The predicted octanol–water partition coefficient (Wildman–Crippen LogP) is 13.9. The van der Waals surface area contributed by atoms with Gasteiger partial charge in [-0.25, -0.2) is 4.57 Å². The molecule has 0 radical (unpaired) electrons. The van der Waals surface area contributed by atoms with Crippen molar-refractivity contribution >= 4 is 19.8 Å². The number of carboxylic acid groups (broad SMARTS) is 1. The summed E-state index contributed by atoms with van der Waals surface area (Å²) in [6.45, 7) is 3.64. The molecule has 0 aliphatic heterocycles. The van der Waals surface area contributed by atoms with Crippen molar-refractivity contribution < 1.29 is 42.7 Å². The molecular weight excluding hydrogens is 814 g/mol. The molecule has 3 unspecified atom stereocenters. The lowest BCUT2D eigenvalue weighted by Gasteiger charge is -2.20. The van der Waals surface area contributed by atoms with Gasteiger partial charge in [0.2, 0.25) is 0 Å². The van der Waals surface area contributed by atoms with Gasteiger partial charge in [-0.15, -0.1) is 0 Å². The number of hydrogen-bond acceptors (Lipinski definition) is 8. The fourth-order valence-corrected chi connectivity index (χ4v) is 6.64. The maximum Gasteiger partial charge on any atom is 0.472 e. The minimum Gasteiger partial charge on any atom is -0.480 e. The summed E-state index contributed by atoms with van der Waals surface area (Å²) in [7, 11) is -4.65. The van der Waals surface area contributed by atoms with Crippen molar-refractivity contribution in [1.29, 1.82) is 0 Å². The number of phosphoric ester groups is 1. The van der Waals surface area contributed by atoms with Crippen molar-refractivity contribution in [3.63, 3.8) is 0 Å². The van der Waals surface area contributed by atoms with Gasteiger partial charge in [0.1, 0.15) is 12.1 Å². The number of rotatable bonds is 44. The fraction of sp³-hybridized carbons (Fsp3) is 0.615. The average molecular weight is 900 g/mol. The first kappa shape index (κ1) is 59.6. The molecule has 63 heavy (non-hydrogen) atoms. The Morgan fingerprint density at radius 3 is 1.38 bits per heavy atom. The van der Waals surface area contributed by atoms with Gasteiger partial charge in [-0.05, 0) is 96.3 Å². The van der Waals surface area contributed by atoms with Crippen LogP contribution < -0.4 is 5.73 Å². The van der Waals surface area contributed by atoms with Gasteiger partial charge in [0.25, 0.3) is 0 Å². The molecule has 0 heterocycles. The SMILES string of the molecule is CC/C=C\C/C=C\C/C=C\C/C=C\C/C=C\C/C=C\C/C=C\CCCC(=O)OC(COCCCCCCCCCC/C=C\C/C=C\CCCCC)COP(=O)(O)OCC(N)C(=O)O. The van der Waals surface area contributed by atoms with Crippen LogP contribution in [0.2, 0.25) is 0 Å². The van der Waals surface area contributed by atoms with Crippen LogP contribution in [0.5, 0.6) is 0 Å². The first-order valence-corrected chi connectivity index (χ1v) is 25.4. The lowest BCUT2D eigenvalue weighted by molar-refractivity contribution is -0.154. The van der Waals surface area contributed by atoms with E-state index in [9.17, 15) is 19.0 Å². The number of carbonyl (C=O) groups excluding carboxylic acids is 1. The van der Waals surface area contributed by atoms with Gasteiger partial charge in [-0.1, -0.05) is 175 Å². The molecule has 358 valence electrons. The maximum absolute atomic E-state index is 12.7. The Labute approximate surface area is 382 Å². The summed E-state index contributed by atoms with van der Waals surface area (Å²) in [5.74, 6) is -1.85. The first-order chi connectivity index (χ1) is 30.7. The number of nitrogens with two attached hydrogens (primary N) is 1. The number of phosphoric acid groups is 1. The molecule has 4 N–H and O–H groups in total. The quantitative estimate of drug-likeness (QED) is 0.0233. The van der Waals surface area contributed by atoms with E-state index >= 15 is 0 Å². The summed E-state index contributed by atoms with van der Waals surface area (Å²) >= 11 is 0. The zero-order valence-electron chi connectivity index (χ0n) is 39.1. The molecule has 0 saturated heterocycles. The van der Waals surface area contributed by atoms with Crippen LogP contribution in [-0.4, -0.2) is 60.5 Å². The van der Waals surface area contributed by atoms with Crippen molar-refractivity contribution in [3.8, 4) is 0 Å². The zero-order chi connectivity index (χ0) is 46.2. The Hall–Kier alpha value is -3.37. The van der Waals surface area contributed by atoms with Crippen LogP contribution in [0.25, 0.3) is 0 Å². The van der Waals surface area contributed by atoms with Crippen LogP contribution in [0.1, 0.15) is 168 Å². The Morgan fingerprint density at radius 2 is 0.921 bits per heavy atom. The van der Waals surface area contributed by atoms with Gasteiger partial charge in [-0.3, -0.25) is 18.6 Å². The fourth-order valence-electron chi connectivity index (χ4n) is 5.86. The lowest BCUT2D eigenvalue weighted by Crippen LogP contribution is -2.34. The molecule has 0 aromatic carbocycles. The highest BCUT2D eigenvalue weighted by atomic mass is 31.2. The topological polar surface area (TPSA) is 155 Å². The monoisotopic (exact) mass is 900 g/mol. The first-order valence-electron chi connectivity index (χ1n) is 23.9. The van der Waals surface area contributed by atoms with Crippen LogP contribution >= 0.6 is 7.82 Å². The van der Waals surface area contributed by atoms with E-state index in [2.05, 4.69) is 117 Å². The van der Waals surface area contributed by atoms with Gasteiger partial charge in [0.05, 0.1) is 19.8 Å². The third-order valence-electron chi connectivity index (χ3n) is 9.54. The zero-order valence-corrected chi connectivity index (χ0v) is 40.0. The van der Waals surface area contributed by atoms with Crippen molar-refractivity contribution in [2.24, 2.45) is 5.73 Å². The molecule has 0 saturated carbocycles. The van der Waals surface area contributed by atoms with E-state index in [-0.39, 0.29) is 13.0 Å². The van der Waals surface area contributed by atoms with Gasteiger partial charge >= 0.3 is 19.8 Å². The molecular formula is C52H86NO9P. The lowest BCUT2D eigenvalue weighted by atomic mass is 10.1. The van der Waals surface area contributed by atoms with Gasteiger partial charge in [0, 0.05) is 13.0 Å². The van der Waals surface area contributed by atoms with Crippen LogP contribution in [0, 0.1) is 0 Å². The van der Waals surface area contributed by atoms with E-state index in [0.717, 1.165) is 77.0 Å². The second-order valence-electron chi connectivity index (χ2n) is 15.5. The second-order valence-corrected chi connectivity index (χ2v) is 17.0. The molecule has 3 atom stereocenters. The van der Waals surface area contributed by atoms with E-state index < -0.39 is 45.1 Å². The molecule has 0 fully saturated rings. The summed E-state index contributed by atoms with van der Waals surface area (Å²) in [4.78, 5) is 33.6. The maximum atomic E-state index is 12.7. The number of carboxylic acids is 1. The summed E-state index contributed by atoms with van der Waals surface area (Å²) in [6, 6.07) is -1.49. The molecule has 0 aromatic rings. The molecule has 0 rings (SSSR count). The highest BCUT2D eigenvalue weighted by Gasteiger charge is 2.27. The van der Waals surface area contributed by atoms with E-state index in [4.69, 9.17) is 29.4 Å². The third kappa shape index (κ3) is 46.4.